The lowest BCUT2D eigenvalue weighted by molar-refractivity contribution is -0.146. The maximum Gasteiger partial charge on any atom is 0.317 e. The summed E-state index contributed by atoms with van der Waals surface area (Å²) in [6.45, 7) is 8.53. The standard InChI is InChI=1S/C48H36Br2O4.C44H34O2/c1-2-8-23-15-25-13-14-26-17-30-18-27-16-24-9-7-12-31-36(24)40-42(27)47(30)33(54-35(52)22-50)20-29-11-6-4-3-5-10-28-19-32(53-34(51)21-49)43-38(23)39-37(25)41(26)48(29,47)45(39)44(40)46(28,31)43;1-2-8-21-15-23-13-14-24-17-28-18-25-16-22-9-7-12-29-32(22)36-38(25)43(28)31(46)20-27-11-6-4-3-5-10-26-19-30(45)39-34(21)35-33(23)37(24)44(27,43)41(35)40(36)42(26,29)39/h2,7,9,12-17,19-20,32-33,43H,1,3-6,8,10-11,18,21-22H2;2,7,9,12-17,19-20,30-31,39,45-46H,1,3-6,8,10-11,18H2/t32-,33?,43+,46-,47+,48+;30-,31?,39+,42-,43+,44+/m11/s1. The van der Waals surface area contributed by atoms with E-state index in [4.69, 9.17) is 9.47 Å². The first-order valence-electron chi connectivity index (χ1n) is 37.4. The summed E-state index contributed by atoms with van der Waals surface area (Å²) in [6.07, 6.45) is 33.0. The van der Waals surface area contributed by atoms with Gasteiger partial charge in [-0.15, -0.1) is 13.2 Å². The number of esters is 2. The Balaban J connectivity index is 0.000000120. The van der Waals surface area contributed by atoms with Crippen LogP contribution in [-0.4, -0.2) is 57.2 Å². The summed E-state index contributed by atoms with van der Waals surface area (Å²) >= 11 is 6.93. The summed E-state index contributed by atoms with van der Waals surface area (Å²) in [4.78, 5) is 27.1. The van der Waals surface area contributed by atoms with Gasteiger partial charge in [-0.1, -0.05) is 207 Å². The lowest BCUT2D eigenvalue weighted by Gasteiger charge is -2.57. The summed E-state index contributed by atoms with van der Waals surface area (Å²) in [5.74, 6) is -0.634. The first-order valence-corrected chi connectivity index (χ1v) is 39.6. The molecule has 8 bridgehead atoms. The topological polar surface area (TPSA) is 93.1 Å². The number of hydrogen-bond acceptors (Lipinski definition) is 6. The van der Waals surface area contributed by atoms with Gasteiger partial charge in [0.25, 0.3) is 0 Å². The van der Waals surface area contributed by atoms with Gasteiger partial charge in [0.15, 0.2) is 0 Å². The van der Waals surface area contributed by atoms with Crippen LogP contribution >= 0.6 is 31.9 Å². The molecule has 12 atom stereocenters. The molecule has 2 unspecified atom stereocenters. The molecule has 0 amide bonds. The molecule has 0 aliphatic heterocycles. The first kappa shape index (κ1) is 56.6. The number of benzene rings is 8. The fourth-order valence-corrected chi connectivity index (χ4v) is 28.3. The predicted molar refractivity (Wildman–Crippen MR) is 403 cm³/mol. The van der Waals surface area contributed by atoms with Crippen molar-refractivity contribution >= 4 is 121 Å². The fraction of sp³-hybridized carbons (Fsp3) is 0.326. The highest BCUT2D eigenvalue weighted by atomic mass is 79.9. The molecule has 0 aromatic heterocycles. The van der Waals surface area contributed by atoms with E-state index in [0.29, 0.717) is 0 Å². The van der Waals surface area contributed by atoms with Crippen LogP contribution in [0.25, 0.3) is 77.5 Å². The van der Waals surface area contributed by atoms with Crippen LogP contribution in [0.4, 0.5) is 0 Å². The smallest absolute Gasteiger partial charge is 0.317 e. The number of fused-ring (bicyclic) bond motifs is 2. The third kappa shape index (κ3) is 5.38. The zero-order chi connectivity index (χ0) is 66.1. The van der Waals surface area contributed by atoms with Gasteiger partial charge in [-0.05, 0) is 260 Å². The van der Waals surface area contributed by atoms with E-state index in [2.05, 4.69) is 172 Å². The quantitative estimate of drug-likeness (QED) is 0.0895. The van der Waals surface area contributed by atoms with Crippen LogP contribution in [-0.2, 0) is 77.2 Å². The highest BCUT2D eigenvalue weighted by Gasteiger charge is 2.81. The monoisotopic (exact) mass is 1430 g/mol. The maximum atomic E-state index is 13.6. The molecule has 6 spiro atoms. The van der Waals surface area contributed by atoms with Crippen LogP contribution in [0.5, 0.6) is 0 Å². The fourth-order valence-electron chi connectivity index (χ4n) is 28.0. The van der Waals surface area contributed by atoms with Gasteiger partial charge in [0, 0.05) is 11.8 Å². The molecule has 6 nitrogen and oxygen atoms in total. The molecule has 0 fully saturated rings. The van der Waals surface area contributed by atoms with E-state index >= 15 is 0 Å². The predicted octanol–water partition coefficient (Wildman–Crippen LogP) is 18.7. The molecule has 8 aromatic carbocycles. The molecular weight excluding hydrogens is 1360 g/mol. The molecule has 0 saturated carbocycles. The Hall–Kier alpha value is -7.98. The number of hydrogen-bond donors (Lipinski definition) is 2. The number of aliphatic hydroxyl groups is 2. The molecule has 0 radical (unpaired) electrons. The largest absolute Gasteiger partial charge is 0.457 e. The van der Waals surface area contributed by atoms with Gasteiger partial charge in [0.2, 0.25) is 0 Å². The first-order chi connectivity index (χ1) is 49.0. The number of allylic oxidation sites excluding steroid dienone is 10. The van der Waals surface area contributed by atoms with Crippen molar-refractivity contribution in [3.05, 3.63) is 268 Å². The number of rotatable bonds is 8. The second-order valence-electron chi connectivity index (χ2n) is 32.8. The molecule has 26 rings (SSSR count). The minimum Gasteiger partial charge on any atom is -0.457 e. The van der Waals surface area contributed by atoms with Gasteiger partial charge < -0.3 is 19.7 Å². The highest BCUT2D eigenvalue weighted by molar-refractivity contribution is 9.09. The Morgan fingerprint density at radius 2 is 0.980 bits per heavy atom. The Labute approximate surface area is 596 Å². The van der Waals surface area contributed by atoms with Crippen LogP contribution in [0.1, 0.15) is 189 Å². The van der Waals surface area contributed by atoms with Gasteiger partial charge in [-0.25, -0.2) is 0 Å². The molecule has 2 N–H and O–H groups in total. The second-order valence-corrected chi connectivity index (χ2v) is 33.9. The van der Waals surface area contributed by atoms with Gasteiger partial charge in [0.1, 0.15) is 22.9 Å². The van der Waals surface area contributed by atoms with Crippen LogP contribution in [0.15, 0.2) is 168 Å². The van der Waals surface area contributed by atoms with E-state index in [-0.39, 0.29) is 34.4 Å². The van der Waals surface area contributed by atoms with Crippen molar-refractivity contribution in [1.29, 1.82) is 0 Å². The molecule has 100 heavy (non-hydrogen) atoms. The van der Waals surface area contributed by atoms with E-state index in [1.165, 1.54) is 212 Å². The Kier molecular flexibility index (Phi) is 10.2. The van der Waals surface area contributed by atoms with Crippen molar-refractivity contribution in [3.63, 3.8) is 0 Å². The van der Waals surface area contributed by atoms with E-state index in [1.54, 1.807) is 0 Å². The van der Waals surface area contributed by atoms with Crippen molar-refractivity contribution in [3.8, 4) is 0 Å². The van der Waals surface area contributed by atoms with Gasteiger partial charge in [-0.3, -0.25) is 9.59 Å². The Bertz CT molecular complexity index is 5910. The minimum absolute atomic E-state index is 0.0697. The molecule has 18 aliphatic rings. The molecule has 8 aromatic rings. The Morgan fingerprint density at radius 1 is 0.490 bits per heavy atom. The summed E-state index contributed by atoms with van der Waals surface area (Å²) in [5, 5.41) is 36.3. The lowest BCUT2D eigenvalue weighted by atomic mass is 9.43. The molecule has 18 aliphatic carbocycles. The van der Waals surface area contributed by atoms with Crippen molar-refractivity contribution < 1.29 is 29.3 Å². The van der Waals surface area contributed by atoms with Crippen molar-refractivity contribution in [2.24, 2.45) is 0 Å². The molecule has 0 heterocycles. The van der Waals surface area contributed by atoms with Gasteiger partial charge in [0.05, 0.1) is 44.7 Å². The van der Waals surface area contributed by atoms with Crippen molar-refractivity contribution in [2.75, 3.05) is 10.7 Å². The molecule has 8 heteroatoms. The summed E-state index contributed by atoms with van der Waals surface area (Å²) in [6, 6.07) is 33.3. The van der Waals surface area contributed by atoms with E-state index in [1.807, 2.05) is 6.08 Å². The molecule has 0 saturated heterocycles. The third-order valence-electron chi connectivity index (χ3n) is 29.7. The van der Waals surface area contributed by atoms with Crippen molar-refractivity contribution in [2.45, 2.75) is 171 Å². The third-order valence-corrected chi connectivity index (χ3v) is 30.7. The number of alkyl halides is 2. The van der Waals surface area contributed by atoms with E-state index < -0.39 is 56.9 Å². The van der Waals surface area contributed by atoms with E-state index in [9.17, 15) is 19.8 Å². The maximum absolute atomic E-state index is 13.6. The summed E-state index contributed by atoms with van der Waals surface area (Å²) in [5.41, 5.74) is 36.3. The van der Waals surface area contributed by atoms with Crippen LogP contribution in [0.3, 0.4) is 0 Å². The molecule has 488 valence electrons. The van der Waals surface area contributed by atoms with Crippen LogP contribution < -0.4 is 0 Å². The lowest BCUT2D eigenvalue weighted by Crippen LogP contribution is -2.58. The average molecular weight is 1430 g/mol. The second kappa shape index (κ2) is 18.1. The molecular formula is C92H70Br2O6. The van der Waals surface area contributed by atoms with Crippen LogP contribution in [0.2, 0.25) is 0 Å². The van der Waals surface area contributed by atoms with Gasteiger partial charge >= 0.3 is 11.9 Å². The number of carbonyl (C=O) groups is 2. The Morgan fingerprint density at radius 3 is 1.55 bits per heavy atom. The number of carbonyl (C=O) groups excluding carboxylic acids is 2. The normalized spacial score (nSPS) is 33.1. The number of halogens is 2. The van der Waals surface area contributed by atoms with Gasteiger partial charge in [-0.2, -0.15) is 0 Å². The summed E-state index contributed by atoms with van der Waals surface area (Å²) < 4.78 is 13.4. The zero-order valence-electron chi connectivity index (χ0n) is 55.6. The van der Waals surface area contributed by atoms with E-state index in [0.717, 1.165) is 89.9 Å². The van der Waals surface area contributed by atoms with Crippen molar-refractivity contribution in [1.82, 2.24) is 0 Å². The zero-order valence-corrected chi connectivity index (χ0v) is 58.8. The summed E-state index contributed by atoms with van der Waals surface area (Å²) in [7, 11) is 0. The number of ether oxygens (including phenoxy) is 2. The highest BCUT2D eigenvalue weighted by Crippen LogP contribution is 2.87. The van der Waals surface area contributed by atoms with Crippen LogP contribution in [0, 0.1) is 0 Å². The average Bonchev–Trinajstić information content (AvgIpc) is 1.43. The minimum atomic E-state index is -0.575. The number of aliphatic hydroxyl groups excluding tert-OH is 2. The SMILES string of the molecule is C=CCc1cc2ccc3c4c2c2c1[C@@H]1[C@H](O)C=C5CCCCCCC6=CC(O)[C@@]78C(=C3)Cc3cc9cccc%10c9c(c37)C(=C2[C@]648)[C@]5%101.C=CCc1cc2ccc3c4c2c2c1[C@@H]1[C@H](OC(=O)CBr)C=C5CCCCCCC6=CC(OC(=O)CBr)[C@@]78C(=C3)Cc3cc9cccc%10c9c(c37)C(=C2[C@]648)[C@]5%101.